The van der Waals surface area contributed by atoms with Crippen LogP contribution in [-0.2, 0) is 23.8 Å². The molecule has 0 bridgehead atoms. The number of carboxylic acids is 1. The summed E-state index contributed by atoms with van der Waals surface area (Å²) in [5, 5.41) is 20.7. The van der Waals surface area contributed by atoms with Crippen LogP contribution in [0.2, 0.25) is 0 Å². The zero-order valence-corrected chi connectivity index (χ0v) is 22.1. The molecule has 14 heteroatoms. The first-order valence-corrected chi connectivity index (χ1v) is 12.8. The molecule has 0 aliphatic carbocycles. The normalized spacial score (nSPS) is 21.7. The number of esters is 1. The third kappa shape index (κ3) is 7.76. The van der Waals surface area contributed by atoms with Gasteiger partial charge in [-0.1, -0.05) is 13.3 Å². The smallest absolute Gasteiger partial charge is 0.314 e. The SMILES string of the molecule is CCCCOC(=O)[C@]1(CC(=O)c2cn[nH]c(=O)c2)CCOC1.O=C(C[C@@]1(C(=O)O)CCOC1)c1cn[nH]c(=O)c1. The van der Waals surface area contributed by atoms with Gasteiger partial charge in [0, 0.05) is 49.3 Å². The van der Waals surface area contributed by atoms with Crippen LogP contribution in [0, 0.1) is 10.8 Å². The Morgan fingerprint density at radius 3 is 1.82 bits per heavy atom. The standard InChI is InChI=1S/C15H20N2O5.C11H12N2O5/c1-2-3-5-22-14(20)15(4-6-21-10-15)8-12(18)11-7-13(19)17-16-9-11;14-8(7-3-9(15)13-12-5-7)4-11(10(16)17)1-2-18-6-11/h7,9H,2-6,8,10H2,1H3,(H,17,19);3,5H,1-2,4,6H2,(H,13,15)(H,16,17)/t15-;11-/m00/s1. The molecule has 0 aromatic carbocycles. The number of rotatable bonds is 11. The lowest BCUT2D eigenvalue weighted by Crippen LogP contribution is -2.36. The largest absolute Gasteiger partial charge is 0.481 e. The third-order valence-corrected chi connectivity index (χ3v) is 6.80. The number of ether oxygens (including phenoxy) is 3. The van der Waals surface area contributed by atoms with Gasteiger partial charge in [-0.25, -0.2) is 10.2 Å². The van der Waals surface area contributed by atoms with Gasteiger partial charge in [0.1, 0.15) is 10.8 Å². The van der Waals surface area contributed by atoms with Crippen molar-refractivity contribution in [2.45, 2.75) is 45.4 Å². The molecule has 2 aliphatic heterocycles. The van der Waals surface area contributed by atoms with E-state index in [0.717, 1.165) is 18.9 Å². The summed E-state index contributed by atoms with van der Waals surface area (Å²) in [6, 6.07) is 2.29. The Bertz CT molecular complexity index is 1320. The van der Waals surface area contributed by atoms with Crippen LogP contribution in [0.15, 0.2) is 34.1 Å². The monoisotopic (exact) mass is 560 g/mol. The summed E-state index contributed by atoms with van der Waals surface area (Å²) in [7, 11) is 0. The topological polar surface area (TPSA) is 208 Å². The van der Waals surface area contributed by atoms with Crippen molar-refractivity contribution in [1.82, 2.24) is 20.4 Å². The molecule has 0 spiro atoms. The van der Waals surface area contributed by atoms with Gasteiger partial charge >= 0.3 is 11.9 Å². The van der Waals surface area contributed by atoms with Crippen molar-refractivity contribution in [1.29, 1.82) is 0 Å². The van der Waals surface area contributed by atoms with Crippen molar-refractivity contribution < 1.29 is 38.5 Å². The Kier molecular flexibility index (Phi) is 10.6. The van der Waals surface area contributed by atoms with Crippen LogP contribution in [0.4, 0.5) is 0 Å². The minimum absolute atomic E-state index is 0.0185. The van der Waals surface area contributed by atoms with E-state index in [9.17, 15) is 33.9 Å². The van der Waals surface area contributed by atoms with Crippen molar-refractivity contribution in [2.75, 3.05) is 33.0 Å². The first-order chi connectivity index (χ1) is 19.1. The highest BCUT2D eigenvalue weighted by Crippen LogP contribution is 2.35. The second kappa shape index (κ2) is 13.8. The molecule has 2 aliphatic rings. The molecule has 0 amide bonds. The van der Waals surface area contributed by atoms with Crippen molar-refractivity contribution in [2.24, 2.45) is 10.8 Å². The number of carboxylic acid groups (broad SMARTS) is 1. The Hall–Kier alpha value is -4.04. The van der Waals surface area contributed by atoms with Crippen LogP contribution < -0.4 is 11.1 Å². The average molecular weight is 561 g/mol. The van der Waals surface area contributed by atoms with E-state index in [-0.39, 0.29) is 43.0 Å². The molecule has 0 saturated carbocycles. The Morgan fingerprint density at radius 1 is 0.900 bits per heavy atom. The summed E-state index contributed by atoms with van der Waals surface area (Å²) in [6.45, 7) is 3.28. The molecule has 2 aromatic rings. The molecule has 0 unspecified atom stereocenters. The molecule has 2 saturated heterocycles. The fourth-order valence-electron chi connectivity index (χ4n) is 4.31. The van der Waals surface area contributed by atoms with E-state index in [1.165, 1.54) is 18.5 Å². The summed E-state index contributed by atoms with van der Waals surface area (Å²) in [6.07, 6.45) is 4.73. The Morgan fingerprint density at radius 2 is 1.40 bits per heavy atom. The number of Topliss-reactive ketones (excluding diaryl/α,β-unsaturated/α-hetero) is 2. The number of carbonyl (C=O) groups excluding carboxylic acids is 3. The molecule has 3 N–H and O–H groups in total. The van der Waals surface area contributed by atoms with Gasteiger partial charge in [-0.2, -0.15) is 10.2 Å². The number of H-pyrrole nitrogens is 2. The zero-order chi connectivity index (χ0) is 29.2. The number of nitrogens with one attached hydrogen (secondary N) is 2. The number of carbonyl (C=O) groups is 4. The lowest BCUT2D eigenvalue weighted by molar-refractivity contribution is -0.156. The first-order valence-electron chi connectivity index (χ1n) is 12.8. The van der Waals surface area contributed by atoms with E-state index in [4.69, 9.17) is 14.2 Å². The third-order valence-electron chi connectivity index (χ3n) is 6.80. The van der Waals surface area contributed by atoms with Crippen molar-refractivity contribution >= 4 is 23.5 Å². The van der Waals surface area contributed by atoms with E-state index in [0.29, 0.717) is 32.7 Å². The van der Waals surface area contributed by atoms with Crippen molar-refractivity contribution in [3.8, 4) is 0 Å². The number of aliphatic carboxylic acids is 1. The van der Waals surface area contributed by atoms with Gasteiger partial charge in [-0.15, -0.1) is 0 Å². The highest BCUT2D eigenvalue weighted by molar-refractivity contribution is 5.99. The van der Waals surface area contributed by atoms with Gasteiger partial charge in [0.15, 0.2) is 11.6 Å². The zero-order valence-electron chi connectivity index (χ0n) is 22.1. The van der Waals surface area contributed by atoms with E-state index < -0.39 is 39.7 Å². The predicted octanol–water partition coefficient (Wildman–Crippen LogP) is 0.927. The molecule has 2 aromatic heterocycles. The number of unbranched alkanes of at least 4 members (excludes halogenated alkanes) is 1. The summed E-state index contributed by atoms with van der Waals surface area (Å²) in [5.74, 6) is -2.17. The number of nitrogens with zero attached hydrogens (tertiary/aromatic N) is 2. The molecular weight excluding hydrogens is 528 g/mol. The summed E-state index contributed by atoms with van der Waals surface area (Å²) < 4.78 is 15.7. The van der Waals surface area contributed by atoms with E-state index >= 15 is 0 Å². The number of hydrogen-bond donors (Lipinski definition) is 3. The molecule has 4 heterocycles. The predicted molar refractivity (Wildman–Crippen MR) is 137 cm³/mol. The lowest BCUT2D eigenvalue weighted by atomic mass is 9.81. The van der Waals surface area contributed by atoms with Gasteiger partial charge in [0.2, 0.25) is 0 Å². The number of aromatic nitrogens is 4. The highest BCUT2D eigenvalue weighted by Gasteiger charge is 2.46. The molecule has 40 heavy (non-hydrogen) atoms. The Labute approximate surface area is 228 Å². The average Bonchev–Trinajstić information content (AvgIpc) is 3.60. The molecular formula is C26H32N4O10. The molecule has 14 nitrogen and oxygen atoms in total. The van der Waals surface area contributed by atoms with Crippen LogP contribution in [-0.4, -0.2) is 82.0 Å². The van der Waals surface area contributed by atoms with Gasteiger partial charge in [0.05, 0.1) is 32.2 Å². The first kappa shape index (κ1) is 30.5. The summed E-state index contributed by atoms with van der Waals surface area (Å²) in [4.78, 5) is 70.1. The second-order valence-electron chi connectivity index (χ2n) is 9.83. The van der Waals surface area contributed by atoms with Crippen LogP contribution >= 0.6 is 0 Å². The van der Waals surface area contributed by atoms with E-state index in [1.54, 1.807) is 0 Å². The van der Waals surface area contributed by atoms with Crippen molar-refractivity contribution in [3.05, 3.63) is 56.4 Å². The summed E-state index contributed by atoms with van der Waals surface area (Å²) >= 11 is 0. The van der Waals surface area contributed by atoms with Gasteiger partial charge in [0.25, 0.3) is 11.1 Å². The maximum Gasteiger partial charge on any atom is 0.314 e. The number of ketones is 2. The minimum atomic E-state index is -1.18. The van der Waals surface area contributed by atoms with Gasteiger partial charge in [-0.3, -0.25) is 28.8 Å². The summed E-state index contributed by atoms with van der Waals surface area (Å²) in [5.41, 5.74) is -2.77. The number of aromatic amines is 2. The maximum absolute atomic E-state index is 12.3. The van der Waals surface area contributed by atoms with Crippen LogP contribution in [0.25, 0.3) is 0 Å². The highest BCUT2D eigenvalue weighted by atomic mass is 16.5. The molecule has 4 rings (SSSR count). The lowest BCUT2D eigenvalue weighted by Gasteiger charge is -2.24. The Balaban J connectivity index is 0.000000225. The molecule has 2 atom stereocenters. The van der Waals surface area contributed by atoms with E-state index in [2.05, 4.69) is 20.4 Å². The second-order valence-corrected chi connectivity index (χ2v) is 9.83. The van der Waals surface area contributed by atoms with Crippen molar-refractivity contribution in [3.63, 3.8) is 0 Å². The number of hydrogen-bond acceptors (Lipinski definition) is 11. The fourth-order valence-corrected chi connectivity index (χ4v) is 4.31. The quantitative estimate of drug-likeness (QED) is 0.199. The van der Waals surface area contributed by atoms with E-state index in [1.807, 2.05) is 6.92 Å². The fraction of sp³-hybridized carbons (Fsp3) is 0.538. The maximum atomic E-state index is 12.3. The van der Waals surface area contributed by atoms with Gasteiger partial charge in [-0.05, 0) is 19.3 Å². The van der Waals surface area contributed by atoms with Crippen LogP contribution in [0.3, 0.4) is 0 Å². The minimum Gasteiger partial charge on any atom is -0.481 e. The molecule has 0 radical (unpaired) electrons. The van der Waals surface area contributed by atoms with Crippen LogP contribution in [0.1, 0.15) is 66.2 Å². The van der Waals surface area contributed by atoms with Gasteiger partial charge < -0.3 is 19.3 Å². The van der Waals surface area contributed by atoms with Crippen LogP contribution in [0.5, 0.6) is 0 Å². The molecule has 2 fully saturated rings. The molecule has 216 valence electrons.